The molecule has 0 atom stereocenters. The summed E-state index contributed by atoms with van der Waals surface area (Å²) in [6.45, 7) is 0.942. The van der Waals surface area contributed by atoms with Crippen LogP contribution in [-0.4, -0.2) is 50.2 Å². The zero-order valence-corrected chi connectivity index (χ0v) is 20.3. The zero-order valence-electron chi connectivity index (χ0n) is 18.7. The first-order valence-corrected chi connectivity index (χ1v) is 14.4. The molecule has 34 heavy (non-hydrogen) atoms. The van der Waals surface area contributed by atoms with Gasteiger partial charge in [0, 0.05) is 24.5 Å². The molecule has 10 heteroatoms. The molecule has 1 saturated heterocycles. The van der Waals surface area contributed by atoms with Crippen LogP contribution in [0.5, 0.6) is 0 Å². The van der Waals surface area contributed by atoms with E-state index in [1.807, 2.05) is 0 Å². The van der Waals surface area contributed by atoms with Crippen LogP contribution in [0, 0.1) is 0 Å². The normalized spacial score (nSPS) is 18.0. The summed E-state index contributed by atoms with van der Waals surface area (Å²) in [7, 11) is -7.81. The van der Waals surface area contributed by atoms with E-state index in [4.69, 9.17) is 0 Å². The van der Waals surface area contributed by atoms with Gasteiger partial charge in [-0.15, -0.1) is 0 Å². The third kappa shape index (κ3) is 4.25. The lowest BCUT2D eigenvalue weighted by molar-refractivity contribution is 0.0945. The minimum atomic E-state index is -4.09. The van der Waals surface area contributed by atoms with Gasteiger partial charge >= 0.3 is 0 Å². The van der Waals surface area contributed by atoms with Crippen molar-refractivity contribution in [1.29, 1.82) is 0 Å². The van der Waals surface area contributed by atoms with Crippen LogP contribution in [0.25, 0.3) is 10.9 Å². The summed E-state index contributed by atoms with van der Waals surface area (Å²) >= 11 is 0. The predicted molar refractivity (Wildman–Crippen MR) is 129 cm³/mol. The number of benzene rings is 2. The van der Waals surface area contributed by atoms with E-state index in [1.165, 1.54) is 40.7 Å². The van der Waals surface area contributed by atoms with Gasteiger partial charge in [0.25, 0.3) is 15.9 Å². The van der Waals surface area contributed by atoms with E-state index >= 15 is 0 Å². The molecule has 0 bridgehead atoms. The second kappa shape index (κ2) is 8.83. The Labute approximate surface area is 199 Å². The molecule has 0 spiro atoms. The zero-order chi connectivity index (χ0) is 23.9. The number of nitrogens with zero attached hydrogens (tertiary/aromatic N) is 2. The molecule has 2 aliphatic rings. The fraction of sp³-hybridized carbons (Fsp3) is 0.375. The van der Waals surface area contributed by atoms with Gasteiger partial charge in [0.15, 0.2) is 0 Å². The number of hydrogen-bond donors (Lipinski definition) is 1. The van der Waals surface area contributed by atoms with Crippen molar-refractivity contribution in [3.63, 3.8) is 0 Å². The van der Waals surface area contributed by atoms with Crippen molar-refractivity contribution in [2.75, 3.05) is 13.1 Å². The molecule has 1 aromatic heterocycles. The molecule has 1 amide bonds. The Bertz CT molecular complexity index is 1430. The van der Waals surface area contributed by atoms with Crippen LogP contribution < -0.4 is 5.32 Å². The Balaban J connectivity index is 1.64. The standard InChI is InChI=1S/C24H27N3O5S2/c28-24(25-19-10-11-19)23-17-18-16-21(33(29,30)26-14-6-1-2-7-15-26)12-13-22(18)27(23)34(31,32)20-8-4-3-5-9-20/h3-5,8-9,12-13,16-17,19H,1-2,6-7,10-11,14-15H2,(H,25,28). The number of sulfonamides is 1. The average molecular weight is 502 g/mol. The summed E-state index contributed by atoms with van der Waals surface area (Å²) in [5, 5.41) is 3.23. The van der Waals surface area contributed by atoms with Crippen LogP contribution in [0.3, 0.4) is 0 Å². The van der Waals surface area contributed by atoms with Crippen LogP contribution in [0.4, 0.5) is 0 Å². The minimum absolute atomic E-state index is 0.0323. The van der Waals surface area contributed by atoms with Gasteiger partial charge in [0.05, 0.1) is 15.3 Å². The maximum Gasteiger partial charge on any atom is 0.269 e. The molecule has 180 valence electrons. The third-order valence-corrected chi connectivity index (χ3v) is 9.99. The van der Waals surface area contributed by atoms with Crippen molar-refractivity contribution in [1.82, 2.24) is 13.6 Å². The summed E-state index contributed by atoms with van der Waals surface area (Å²) in [5.74, 6) is -0.491. The number of carbonyl (C=O) groups is 1. The summed E-state index contributed by atoms with van der Waals surface area (Å²) in [5.41, 5.74) is 0.231. The number of fused-ring (bicyclic) bond motifs is 1. The topological polar surface area (TPSA) is 106 Å². The number of carbonyl (C=O) groups excluding carboxylic acids is 1. The van der Waals surface area contributed by atoms with E-state index in [-0.39, 0.29) is 27.0 Å². The van der Waals surface area contributed by atoms with E-state index in [0.717, 1.165) is 42.5 Å². The molecule has 8 nitrogen and oxygen atoms in total. The highest BCUT2D eigenvalue weighted by atomic mass is 32.2. The maximum absolute atomic E-state index is 13.6. The van der Waals surface area contributed by atoms with Gasteiger partial charge in [-0.1, -0.05) is 31.0 Å². The van der Waals surface area contributed by atoms with E-state index in [9.17, 15) is 21.6 Å². The molecule has 2 aromatic carbocycles. The van der Waals surface area contributed by atoms with Crippen LogP contribution in [0.15, 0.2) is 64.4 Å². The summed E-state index contributed by atoms with van der Waals surface area (Å²) in [6.07, 6.45) is 5.36. The Morgan fingerprint density at radius 3 is 2.12 bits per heavy atom. The van der Waals surface area contributed by atoms with Crippen LogP contribution in [0.1, 0.15) is 49.0 Å². The van der Waals surface area contributed by atoms with Gasteiger partial charge < -0.3 is 5.32 Å². The highest BCUT2D eigenvalue weighted by molar-refractivity contribution is 7.90. The first-order chi connectivity index (χ1) is 16.3. The van der Waals surface area contributed by atoms with Crippen molar-refractivity contribution in [2.24, 2.45) is 0 Å². The highest BCUT2D eigenvalue weighted by Crippen LogP contribution is 2.30. The summed E-state index contributed by atoms with van der Waals surface area (Å²) < 4.78 is 56.2. The van der Waals surface area contributed by atoms with Crippen LogP contribution >= 0.6 is 0 Å². The molecule has 2 heterocycles. The molecular weight excluding hydrogens is 474 g/mol. The van der Waals surface area contributed by atoms with E-state index in [2.05, 4.69) is 5.32 Å². The Hall–Kier alpha value is -2.69. The first kappa shape index (κ1) is 23.1. The number of hydrogen-bond acceptors (Lipinski definition) is 5. The van der Waals surface area contributed by atoms with Crippen molar-refractivity contribution < 1.29 is 21.6 Å². The fourth-order valence-electron chi connectivity index (χ4n) is 4.36. The van der Waals surface area contributed by atoms with E-state index in [0.29, 0.717) is 18.5 Å². The molecule has 0 unspecified atom stereocenters. The number of rotatable bonds is 6. The van der Waals surface area contributed by atoms with Gasteiger partial charge in [0.1, 0.15) is 5.69 Å². The average Bonchev–Trinajstić information content (AvgIpc) is 3.61. The highest BCUT2D eigenvalue weighted by Gasteiger charge is 2.31. The van der Waals surface area contributed by atoms with Crippen molar-refractivity contribution in [3.05, 3.63) is 60.3 Å². The monoisotopic (exact) mass is 501 g/mol. The second-order valence-corrected chi connectivity index (χ2v) is 12.6. The second-order valence-electron chi connectivity index (χ2n) is 8.90. The van der Waals surface area contributed by atoms with E-state index < -0.39 is 26.0 Å². The first-order valence-electron chi connectivity index (χ1n) is 11.6. The quantitative estimate of drug-likeness (QED) is 0.558. The lowest BCUT2D eigenvalue weighted by Crippen LogP contribution is -2.31. The molecule has 5 rings (SSSR count). The smallest absolute Gasteiger partial charge is 0.269 e. The van der Waals surface area contributed by atoms with Crippen molar-refractivity contribution >= 4 is 36.9 Å². The molecule has 1 aliphatic heterocycles. The SMILES string of the molecule is O=C(NC1CC1)c1cc2cc(S(=O)(=O)N3CCCCCC3)ccc2n1S(=O)(=O)c1ccccc1. The molecule has 1 aliphatic carbocycles. The maximum atomic E-state index is 13.6. The molecule has 1 saturated carbocycles. The Morgan fingerprint density at radius 1 is 0.794 bits per heavy atom. The van der Waals surface area contributed by atoms with Crippen LogP contribution in [-0.2, 0) is 20.0 Å². The summed E-state index contributed by atoms with van der Waals surface area (Å²) in [6, 6.07) is 13.8. The molecular formula is C24H27N3O5S2. The van der Waals surface area contributed by atoms with Crippen LogP contribution in [0.2, 0.25) is 0 Å². The third-order valence-electron chi connectivity index (χ3n) is 6.36. The van der Waals surface area contributed by atoms with Gasteiger partial charge in [-0.05, 0) is 62.1 Å². The summed E-state index contributed by atoms with van der Waals surface area (Å²) in [4.78, 5) is 13.2. The van der Waals surface area contributed by atoms with Gasteiger partial charge in [-0.2, -0.15) is 4.31 Å². The largest absolute Gasteiger partial charge is 0.348 e. The predicted octanol–water partition coefficient (Wildman–Crippen LogP) is 3.34. The fourth-order valence-corrected chi connectivity index (χ4v) is 7.45. The Kier molecular flexibility index (Phi) is 5.99. The van der Waals surface area contributed by atoms with Gasteiger partial charge in [0.2, 0.25) is 10.0 Å². The lowest BCUT2D eigenvalue weighted by Gasteiger charge is -2.20. The minimum Gasteiger partial charge on any atom is -0.348 e. The van der Waals surface area contributed by atoms with Crippen molar-refractivity contribution in [3.8, 4) is 0 Å². The molecule has 1 N–H and O–H groups in total. The lowest BCUT2D eigenvalue weighted by atomic mass is 10.2. The van der Waals surface area contributed by atoms with Gasteiger partial charge in [-0.25, -0.2) is 20.8 Å². The number of amides is 1. The number of nitrogens with one attached hydrogen (secondary N) is 1. The molecule has 2 fully saturated rings. The van der Waals surface area contributed by atoms with E-state index in [1.54, 1.807) is 18.2 Å². The molecule has 3 aromatic rings. The van der Waals surface area contributed by atoms with Gasteiger partial charge in [-0.3, -0.25) is 4.79 Å². The number of aromatic nitrogens is 1. The molecule has 0 radical (unpaired) electrons. The Morgan fingerprint density at radius 2 is 1.47 bits per heavy atom. The van der Waals surface area contributed by atoms with Crippen molar-refractivity contribution in [2.45, 2.75) is 54.4 Å².